The Morgan fingerprint density at radius 3 is 2.38 bits per heavy atom. The highest BCUT2D eigenvalue weighted by molar-refractivity contribution is 7.92. The van der Waals surface area contributed by atoms with Crippen LogP contribution in [0.1, 0.15) is 29.5 Å². The van der Waals surface area contributed by atoms with Crippen LogP contribution in [-0.4, -0.2) is 46.2 Å². The van der Waals surface area contributed by atoms with Gasteiger partial charge in [0.1, 0.15) is 5.75 Å². The number of methoxy groups -OCH3 is 1. The molecule has 0 saturated heterocycles. The molecule has 0 atom stereocenters. The first-order valence-electron chi connectivity index (χ1n) is 9.54. The van der Waals surface area contributed by atoms with E-state index < -0.39 is 10.0 Å². The average molecular weight is 419 g/mol. The summed E-state index contributed by atoms with van der Waals surface area (Å²) in [6.45, 7) is 4.64. The van der Waals surface area contributed by atoms with E-state index in [0.717, 1.165) is 22.4 Å². The van der Waals surface area contributed by atoms with Gasteiger partial charge >= 0.3 is 0 Å². The lowest BCUT2D eigenvalue weighted by atomic mass is 10.1. The third kappa shape index (κ3) is 6.22. The van der Waals surface area contributed by atoms with E-state index in [1.165, 1.54) is 10.6 Å². The Morgan fingerprint density at radius 1 is 1.07 bits per heavy atom. The van der Waals surface area contributed by atoms with Crippen LogP contribution in [-0.2, 0) is 21.4 Å². The summed E-state index contributed by atoms with van der Waals surface area (Å²) >= 11 is 0. The molecule has 0 saturated carbocycles. The molecule has 0 aliphatic rings. The van der Waals surface area contributed by atoms with Gasteiger partial charge in [0, 0.05) is 32.1 Å². The first-order valence-corrected chi connectivity index (χ1v) is 11.4. The highest BCUT2D eigenvalue weighted by atomic mass is 32.2. The van der Waals surface area contributed by atoms with Crippen molar-refractivity contribution in [1.29, 1.82) is 0 Å². The van der Waals surface area contributed by atoms with E-state index in [9.17, 15) is 13.2 Å². The summed E-state index contributed by atoms with van der Waals surface area (Å²) in [7, 11) is -0.0845. The van der Waals surface area contributed by atoms with E-state index in [-0.39, 0.29) is 18.9 Å². The van der Waals surface area contributed by atoms with Gasteiger partial charge in [-0.25, -0.2) is 8.42 Å². The van der Waals surface area contributed by atoms with Crippen LogP contribution in [0.15, 0.2) is 42.5 Å². The van der Waals surface area contributed by atoms with E-state index >= 15 is 0 Å². The van der Waals surface area contributed by atoms with Crippen LogP contribution in [0.4, 0.5) is 5.69 Å². The predicted octanol–water partition coefficient (Wildman–Crippen LogP) is 3.52. The minimum atomic E-state index is -3.43. The fraction of sp³-hybridized carbons (Fsp3) is 0.409. The van der Waals surface area contributed by atoms with Crippen molar-refractivity contribution in [3.63, 3.8) is 0 Å². The maximum atomic E-state index is 12.5. The molecule has 6 nitrogen and oxygen atoms in total. The number of carbonyl (C=O) groups excluding carboxylic acids is 1. The van der Waals surface area contributed by atoms with Crippen LogP contribution >= 0.6 is 0 Å². The largest absolute Gasteiger partial charge is 0.496 e. The molecular formula is C22H30N2O4S. The molecule has 1 amide bonds. The van der Waals surface area contributed by atoms with Crippen LogP contribution in [0.2, 0.25) is 0 Å². The summed E-state index contributed by atoms with van der Waals surface area (Å²) in [6.07, 6.45) is 1.90. The Bertz CT molecular complexity index is 957. The van der Waals surface area contributed by atoms with Gasteiger partial charge in [0.05, 0.1) is 19.1 Å². The number of para-hydroxylation sites is 1. The van der Waals surface area contributed by atoms with Crippen LogP contribution in [0, 0.1) is 13.8 Å². The van der Waals surface area contributed by atoms with Gasteiger partial charge in [-0.05, 0) is 49.6 Å². The maximum absolute atomic E-state index is 12.5. The normalized spacial score (nSPS) is 11.2. The zero-order chi connectivity index (χ0) is 21.6. The number of anilines is 1. The van der Waals surface area contributed by atoms with Crippen molar-refractivity contribution in [2.45, 2.75) is 33.2 Å². The number of hydrogen-bond donors (Lipinski definition) is 0. The van der Waals surface area contributed by atoms with Crippen molar-refractivity contribution in [3.05, 3.63) is 59.2 Å². The molecule has 29 heavy (non-hydrogen) atoms. The molecule has 0 aromatic heterocycles. The Balaban J connectivity index is 1.99. The zero-order valence-corrected chi connectivity index (χ0v) is 18.6. The third-order valence-corrected chi connectivity index (χ3v) is 6.15. The molecule has 0 N–H and O–H groups in total. The number of benzene rings is 2. The van der Waals surface area contributed by atoms with Crippen LogP contribution in [0.25, 0.3) is 0 Å². The van der Waals surface area contributed by atoms with Crippen LogP contribution in [0.5, 0.6) is 5.75 Å². The fourth-order valence-electron chi connectivity index (χ4n) is 3.11. The van der Waals surface area contributed by atoms with Crippen LogP contribution in [0.3, 0.4) is 0 Å². The van der Waals surface area contributed by atoms with Crippen molar-refractivity contribution < 1.29 is 17.9 Å². The van der Waals surface area contributed by atoms with E-state index in [1.807, 2.05) is 50.2 Å². The summed E-state index contributed by atoms with van der Waals surface area (Å²) in [4.78, 5) is 14.2. The zero-order valence-electron chi connectivity index (χ0n) is 17.8. The van der Waals surface area contributed by atoms with Gasteiger partial charge in [-0.2, -0.15) is 0 Å². The first kappa shape index (κ1) is 22.7. The molecule has 0 spiro atoms. The standard InChI is InChI=1S/C22H30N2O4S/c1-17-12-13-20(15-18(17)2)24(29(5,26)27)14-8-11-22(25)23(3)16-19-9-6-7-10-21(19)28-4/h6-7,9-10,12-13,15H,8,11,14,16H2,1-5H3. The molecule has 0 bridgehead atoms. The molecule has 0 unspecified atom stereocenters. The molecule has 158 valence electrons. The molecule has 0 fully saturated rings. The monoisotopic (exact) mass is 418 g/mol. The Kier molecular flexibility index (Phi) is 7.67. The van der Waals surface area contributed by atoms with Gasteiger partial charge in [0.25, 0.3) is 0 Å². The fourth-order valence-corrected chi connectivity index (χ4v) is 4.07. The number of nitrogens with zero attached hydrogens (tertiary/aromatic N) is 2. The van der Waals surface area contributed by atoms with E-state index in [1.54, 1.807) is 25.1 Å². The second-order valence-electron chi connectivity index (χ2n) is 7.27. The number of aryl methyl sites for hydroxylation is 2. The second-order valence-corrected chi connectivity index (χ2v) is 9.18. The Labute approximate surface area is 174 Å². The summed E-state index contributed by atoms with van der Waals surface area (Å²) in [6, 6.07) is 13.2. The summed E-state index contributed by atoms with van der Waals surface area (Å²) in [5.74, 6) is 0.703. The summed E-state index contributed by atoms with van der Waals surface area (Å²) in [5.41, 5.74) is 3.70. The molecule has 2 aromatic rings. The lowest BCUT2D eigenvalue weighted by Gasteiger charge is -2.24. The number of rotatable bonds is 9. The maximum Gasteiger partial charge on any atom is 0.232 e. The van der Waals surface area contributed by atoms with Gasteiger partial charge in [0.15, 0.2) is 0 Å². The molecule has 2 aromatic carbocycles. The van der Waals surface area contributed by atoms with Gasteiger partial charge in [-0.15, -0.1) is 0 Å². The number of ether oxygens (including phenoxy) is 1. The molecule has 7 heteroatoms. The van der Waals surface area contributed by atoms with Crippen molar-refractivity contribution in [2.24, 2.45) is 0 Å². The Hall–Kier alpha value is -2.54. The number of sulfonamides is 1. The van der Waals surface area contributed by atoms with Gasteiger partial charge < -0.3 is 9.64 Å². The number of carbonyl (C=O) groups is 1. The van der Waals surface area contributed by atoms with Crippen molar-refractivity contribution >= 4 is 21.6 Å². The number of hydrogen-bond acceptors (Lipinski definition) is 4. The van der Waals surface area contributed by atoms with Crippen molar-refractivity contribution in [1.82, 2.24) is 4.90 Å². The van der Waals surface area contributed by atoms with E-state index in [2.05, 4.69) is 0 Å². The van der Waals surface area contributed by atoms with Crippen molar-refractivity contribution in [2.75, 3.05) is 31.3 Å². The molecule has 0 radical (unpaired) electrons. The quantitative estimate of drug-likeness (QED) is 0.625. The highest BCUT2D eigenvalue weighted by Gasteiger charge is 2.19. The highest BCUT2D eigenvalue weighted by Crippen LogP contribution is 2.22. The van der Waals surface area contributed by atoms with Gasteiger partial charge in [-0.3, -0.25) is 9.10 Å². The molecule has 0 aliphatic heterocycles. The number of amides is 1. The lowest BCUT2D eigenvalue weighted by Crippen LogP contribution is -2.32. The topological polar surface area (TPSA) is 66.9 Å². The van der Waals surface area contributed by atoms with Gasteiger partial charge in [0.2, 0.25) is 15.9 Å². The minimum Gasteiger partial charge on any atom is -0.496 e. The van der Waals surface area contributed by atoms with Gasteiger partial charge in [-0.1, -0.05) is 24.3 Å². The van der Waals surface area contributed by atoms with E-state index in [0.29, 0.717) is 18.7 Å². The summed E-state index contributed by atoms with van der Waals surface area (Å²) < 4.78 is 31.2. The summed E-state index contributed by atoms with van der Waals surface area (Å²) in [5, 5.41) is 0. The van der Waals surface area contributed by atoms with E-state index in [4.69, 9.17) is 4.74 Å². The Morgan fingerprint density at radius 2 is 1.76 bits per heavy atom. The molecule has 0 aliphatic carbocycles. The smallest absolute Gasteiger partial charge is 0.232 e. The SMILES string of the molecule is COc1ccccc1CN(C)C(=O)CCCN(c1ccc(C)c(C)c1)S(C)(=O)=O. The third-order valence-electron chi connectivity index (χ3n) is 4.96. The van der Waals surface area contributed by atoms with Crippen molar-refractivity contribution in [3.8, 4) is 5.75 Å². The average Bonchev–Trinajstić information content (AvgIpc) is 2.66. The minimum absolute atomic E-state index is 0.0376. The second kappa shape index (κ2) is 9.78. The van der Waals surface area contributed by atoms with Crippen LogP contribution < -0.4 is 9.04 Å². The first-order chi connectivity index (χ1) is 13.6. The molecular weight excluding hydrogens is 388 g/mol. The molecule has 0 heterocycles. The lowest BCUT2D eigenvalue weighted by molar-refractivity contribution is -0.130. The molecule has 2 rings (SSSR count). The predicted molar refractivity (Wildman–Crippen MR) is 117 cm³/mol.